The summed E-state index contributed by atoms with van der Waals surface area (Å²) in [7, 11) is 0. The fourth-order valence-electron chi connectivity index (χ4n) is 4.38. The van der Waals surface area contributed by atoms with Crippen molar-refractivity contribution < 1.29 is 9.59 Å². The number of amides is 2. The van der Waals surface area contributed by atoms with Crippen molar-refractivity contribution in [2.45, 2.75) is 31.7 Å². The Morgan fingerprint density at radius 2 is 1.62 bits per heavy atom. The van der Waals surface area contributed by atoms with Crippen molar-refractivity contribution in [2.75, 3.05) is 32.7 Å². The maximum atomic E-state index is 12.4. The Morgan fingerprint density at radius 3 is 2.21 bits per heavy atom. The molecule has 0 spiro atoms. The number of benzene rings is 1. The van der Waals surface area contributed by atoms with Crippen LogP contribution < -0.4 is 5.32 Å². The lowest BCUT2D eigenvalue weighted by molar-refractivity contribution is 0.0623. The third-order valence-electron chi connectivity index (χ3n) is 5.82. The maximum absolute atomic E-state index is 12.4. The van der Waals surface area contributed by atoms with Gasteiger partial charge in [0.1, 0.15) is 0 Å². The number of carbonyl (C=O) groups excluding carboxylic acids is 2. The van der Waals surface area contributed by atoms with Gasteiger partial charge in [-0.3, -0.25) is 14.5 Å². The van der Waals surface area contributed by atoms with Gasteiger partial charge in [0, 0.05) is 19.1 Å². The molecule has 2 amide bonds. The van der Waals surface area contributed by atoms with Crippen LogP contribution in [0.3, 0.4) is 0 Å². The zero-order chi connectivity index (χ0) is 16.5. The first-order valence-corrected chi connectivity index (χ1v) is 9.15. The minimum Gasteiger partial charge on any atom is -0.314 e. The van der Waals surface area contributed by atoms with Crippen molar-refractivity contribution in [3.8, 4) is 0 Å². The standard InChI is InChI=1S/C19H25N3O2/c23-18-15-4-1-2-5-16(15)19(24)22(18)13-12-21-10-7-14(8-11-21)17-6-3-9-20-17/h1-2,4-5,14,17,20H,3,6-13H2. The van der Waals surface area contributed by atoms with Crippen LogP contribution in [0, 0.1) is 5.92 Å². The summed E-state index contributed by atoms with van der Waals surface area (Å²) >= 11 is 0. The second kappa shape index (κ2) is 6.65. The summed E-state index contributed by atoms with van der Waals surface area (Å²) in [5, 5.41) is 3.62. The fourth-order valence-corrected chi connectivity index (χ4v) is 4.38. The highest BCUT2D eigenvalue weighted by atomic mass is 16.2. The van der Waals surface area contributed by atoms with Gasteiger partial charge in [0.15, 0.2) is 0 Å². The molecule has 4 rings (SSSR count). The van der Waals surface area contributed by atoms with Gasteiger partial charge in [-0.05, 0) is 63.4 Å². The van der Waals surface area contributed by atoms with Crippen molar-refractivity contribution in [1.29, 1.82) is 0 Å². The first-order valence-electron chi connectivity index (χ1n) is 9.15. The molecule has 3 aliphatic rings. The first-order chi connectivity index (χ1) is 11.7. The van der Waals surface area contributed by atoms with E-state index in [0.717, 1.165) is 25.6 Å². The van der Waals surface area contributed by atoms with E-state index in [1.165, 1.54) is 37.1 Å². The van der Waals surface area contributed by atoms with Gasteiger partial charge in [-0.25, -0.2) is 0 Å². The molecule has 128 valence electrons. The van der Waals surface area contributed by atoms with Crippen LogP contribution >= 0.6 is 0 Å². The molecule has 0 saturated carbocycles. The monoisotopic (exact) mass is 327 g/mol. The molecule has 0 radical (unpaired) electrons. The molecule has 2 saturated heterocycles. The fraction of sp³-hybridized carbons (Fsp3) is 0.579. The number of carbonyl (C=O) groups is 2. The predicted octanol–water partition coefficient (Wildman–Crippen LogP) is 1.75. The van der Waals surface area contributed by atoms with E-state index in [9.17, 15) is 9.59 Å². The van der Waals surface area contributed by atoms with Gasteiger partial charge < -0.3 is 10.2 Å². The molecule has 3 heterocycles. The number of nitrogens with zero attached hydrogens (tertiary/aromatic N) is 2. The Kier molecular flexibility index (Phi) is 4.37. The van der Waals surface area contributed by atoms with Gasteiger partial charge in [0.2, 0.25) is 0 Å². The van der Waals surface area contributed by atoms with Gasteiger partial charge in [0.25, 0.3) is 11.8 Å². The quantitative estimate of drug-likeness (QED) is 0.856. The summed E-state index contributed by atoms with van der Waals surface area (Å²) in [4.78, 5) is 28.6. The van der Waals surface area contributed by atoms with E-state index in [1.54, 1.807) is 12.1 Å². The zero-order valence-corrected chi connectivity index (χ0v) is 14.0. The second-order valence-electron chi connectivity index (χ2n) is 7.19. The van der Waals surface area contributed by atoms with Crippen molar-refractivity contribution in [3.63, 3.8) is 0 Å². The lowest BCUT2D eigenvalue weighted by Crippen LogP contribution is -2.44. The van der Waals surface area contributed by atoms with Gasteiger partial charge in [-0.2, -0.15) is 0 Å². The Labute approximate surface area is 143 Å². The lowest BCUT2D eigenvalue weighted by atomic mass is 9.88. The van der Waals surface area contributed by atoms with Crippen LogP contribution in [0.2, 0.25) is 0 Å². The Morgan fingerprint density at radius 1 is 0.958 bits per heavy atom. The number of rotatable bonds is 4. The maximum Gasteiger partial charge on any atom is 0.261 e. The van der Waals surface area contributed by atoms with Gasteiger partial charge >= 0.3 is 0 Å². The van der Waals surface area contributed by atoms with Crippen molar-refractivity contribution >= 4 is 11.8 Å². The molecule has 2 fully saturated rings. The third kappa shape index (κ3) is 2.87. The molecular formula is C19H25N3O2. The summed E-state index contributed by atoms with van der Waals surface area (Å²) in [6.45, 7) is 4.61. The Bertz CT molecular complexity index is 596. The average molecular weight is 327 g/mol. The largest absolute Gasteiger partial charge is 0.314 e. The predicted molar refractivity (Wildman–Crippen MR) is 92.0 cm³/mol. The smallest absolute Gasteiger partial charge is 0.261 e. The van der Waals surface area contributed by atoms with Crippen LogP contribution in [-0.2, 0) is 0 Å². The lowest BCUT2D eigenvalue weighted by Gasteiger charge is -2.35. The van der Waals surface area contributed by atoms with Crippen LogP contribution in [0.25, 0.3) is 0 Å². The van der Waals surface area contributed by atoms with E-state index in [1.807, 2.05) is 12.1 Å². The summed E-state index contributed by atoms with van der Waals surface area (Å²) in [6, 6.07) is 7.83. The highest BCUT2D eigenvalue weighted by Crippen LogP contribution is 2.26. The SMILES string of the molecule is O=C1c2ccccc2C(=O)N1CCN1CCC(C2CCCN2)CC1. The summed E-state index contributed by atoms with van der Waals surface area (Å²) < 4.78 is 0. The van der Waals surface area contributed by atoms with E-state index in [4.69, 9.17) is 0 Å². The molecule has 24 heavy (non-hydrogen) atoms. The van der Waals surface area contributed by atoms with E-state index in [2.05, 4.69) is 10.2 Å². The molecule has 5 nitrogen and oxygen atoms in total. The second-order valence-corrected chi connectivity index (χ2v) is 7.19. The normalized spacial score (nSPS) is 25.5. The minimum atomic E-state index is -0.138. The first kappa shape index (κ1) is 15.8. The minimum absolute atomic E-state index is 0.138. The number of piperidine rings is 1. The van der Waals surface area contributed by atoms with Crippen molar-refractivity contribution in [1.82, 2.24) is 15.1 Å². The Balaban J connectivity index is 1.29. The third-order valence-corrected chi connectivity index (χ3v) is 5.82. The molecule has 0 aliphatic carbocycles. The number of hydrogen-bond donors (Lipinski definition) is 1. The van der Waals surface area contributed by atoms with Crippen LogP contribution in [-0.4, -0.2) is 60.4 Å². The Hall–Kier alpha value is -1.72. The molecule has 1 unspecified atom stereocenters. The van der Waals surface area contributed by atoms with E-state index < -0.39 is 0 Å². The van der Waals surface area contributed by atoms with E-state index >= 15 is 0 Å². The van der Waals surface area contributed by atoms with Crippen LogP contribution in [0.4, 0.5) is 0 Å². The number of likely N-dealkylation sites (tertiary alicyclic amines) is 1. The molecule has 5 heteroatoms. The number of fused-ring (bicyclic) bond motifs is 1. The van der Waals surface area contributed by atoms with Gasteiger partial charge in [-0.15, -0.1) is 0 Å². The summed E-state index contributed by atoms with van der Waals surface area (Å²) in [5.41, 5.74) is 1.10. The van der Waals surface area contributed by atoms with Crippen molar-refractivity contribution in [2.24, 2.45) is 5.92 Å². The summed E-state index contributed by atoms with van der Waals surface area (Å²) in [5.74, 6) is 0.518. The molecule has 1 N–H and O–H groups in total. The molecule has 1 atom stereocenters. The van der Waals surface area contributed by atoms with E-state index in [0.29, 0.717) is 23.7 Å². The van der Waals surface area contributed by atoms with Gasteiger partial charge in [0.05, 0.1) is 11.1 Å². The van der Waals surface area contributed by atoms with Crippen LogP contribution in [0.5, 0.6) is 0 Å². The zero-order valence-electron chi connectivity index (χ0n) is 14.0. The molecule has 0 aromatic heterocycles. The van der Waals surface area contributed by atoms with Crippen molar-refractivity contribution in [3.05, 3.63) is 35.4 Å². The molecule has 1 aromatic rings. The average Bonchev–Trinajstić information content (AvgIpc) is 3.23. The highest BCUT2D eigenvalue weighted by Gasteiger charge is 2.35. The van der Waals surface area contributed by atoms with E-state index in [-0.39, 0.29) is 11.8 Å². The number of imide groups is 1. The van der Waals surface area contributed by atoms with Crippen LogP contribution in [0.1, 0.15) is 46.4 Å². The summed E-state index contributed by atoms with van der Waals surface area (Å²) in [6.07, 6.45) is 5.07. The molecular weight excluding hydrogens is 302 g/mol. The van der Waals surface area contributed by atoms with Crippen LogP contribution in [0.15, 0.2) is 24.3 Å². The number of nitrogens with one attached hydrogen (secondary N) is 1. The number of hydrogen-bond acceptors (Lipinski definition) is 4. The molecule has 0 bridgehead atoms. The molecule has 3 aliphatic heterocycles. The van der Waals surface area contributed by atoms with Gasteiger partial charge in [-0.1, -0.05) is 12.1 Å². The molecule has 1 aromatic carbocycles. The highest BCUT2D eigenvalue weighted by molar-refractivity contribution is 6.21. The topological polar surface area (TPSA) is 52.7 Å².